The lowest BCUT2D eigenvalue weighted by Crippen LogP contribution is -2.20. The molecule has 1 saturated heterocycles. The molecule has 0 N–H and O–H groups in total. The number of nitrogens with zero attached hydrogens (tertiary/aromatic N) is 1. The van der Waals surface area contributed by atoms with Gasteiger partial charge in [0.15, 0.2) is 0 Å². The van der Waals surface area contributed by atoms with Crippen molar-refractivity contribution in [2.45, 2.75) is 26.3 Å². The maximum atomic E-state index is 2.38. The van der Waals surface area contributed by atoms with Crippen LogP contribution in [0.5, 0.6) is 0 Å². The van der Waals surface area contributed by atoms with Gasteiger partial charge >= 0.3 is 0 Å². The van der Waals surface area contributed by atoms with Gasteiger partial charge in [-0.2, -0.15) is 0 Å². The second kappa shape index (κ2) is 2.53. The van der Waals surface area contributed by atoms with Gasteiger partial charge in [-0.05, 0) is 27.3 Å². The molecular formula is C8H15N. The van der Waals surface area contributed by atoms with Gasteiger partial charge in [-0.3, -0.25) is 4.90 Å². The number of allylic oxidation sites excluding steroid dienone is 1. The van der Waals surface area contributed by atoms with E-state index in [9.17, 15) is 0 Å². The highest BCUT2D eigenvalue weighted by Crippen LogP contribution is 2.19. The van der Waals surface area contributed by atoms with Crippen molar-refractivity contribution in [2.75, 3.05) is 13.6 Å². The van der Waals surface area contributed by atoms with E-state index >= 15 is 0 Å². The highest BCUT2D eigenvalue weighted by atomic mass is 15.1. The first-order chi connectivity index (χ1) is 4.24. The molecule has 0 aromatic rings. The predicted octanol–water partition coefficient (Wildman–Crippen LogP) is 1.66. The van der Waals surface area contributed by atoms with Crippen LogP contribution in [-0.4, -0.2) is 24.5 Å². The summed E-state index contributed by atoms with van der Waals surface area (Å²) in [6.45, 7) is 5.58. The molecule has 0 aliphatic carbocycles. The van der Waals surface area contributed by atoms with E-state index in [1.807, 2.05) is 0 Å². The maximum Gasteiger partial charge on any atom is 0.0193 e. The fourth-order valence-corrected chi connectivity index (χ4v) is 1.29. The summed E-state index contributed by atoms with van der Waals surface area (Å²) in [7, 11) is 2.18. The zero-order valence-corrected chi connectivity index (χ0v) is 6.52. The summed E-state index contributed by atoms with van der Waals surface area (Å²) in [6.07, 6.45) is 3.51. The molecule has 0 radical (unpaired) electrons. The summed E-state index contributed by atoms with van der Waals surface area (Å²) in [4.78, 5) is 2.38. The van der Waals surface area contributed by atoms with Gasteiger partial charge in [0.1, 0.15) is 0 Å². The van der Waals surface area contributed by atoms with E-state index in [4.69, 9.17) is 0 Å². The SMILES string of the molecule is C/C=C1/C[C@@H](C)N(C)C1. The molecule has 0 unspecified atom stereocenters. The Labute approximate surface area is 57.4 Å². The van der Waals surface area contributed by atoms with E-state index < -0.39 is 0 Å². The van der Waals surface area contributed by atoms with Gasteiger partial charge in [-0.1, -0.05) is 11.6 Å². The number of hydrogen-bond donors (Lipinski definition) is 0. The Kier molecular flexibility index (Phi) is 1.91. The van der Waals surface area contributed by atoms with Crippen molar-refractivity contribution in [1.29, 1.82) is 0 Å². The summed E-state index contributed by atoms with van der Waals surface area (Å²) in [6, 6.07) is 0.760. The van der Waals surface area contributed by atoms with E-state index in [-0.39, 0.29) is 0 Å². The Morgan fingerprint density at radius 3 is 2.56 bits per heavy atom. The molecule has 1 aliphatic rings. The summed E-state index contributed by atoms with van der Waals surface area (Å²) in [5.41, 5.74) is 1.59. The van der Waals surface area contributed by atoms with Crippen LogP contribution in [-0.2, 0) is 0 Å². The Balaban J connectivity index is 2.54. The molecule has 1 fully saturated rings. The third kappa shape index (κ3) is 1.33. The van der Waals surface area contributed by atoms with Gasteiger partial charge in [-0.15, -0.1) is 0 Å². The molecule has 0 aromatic heterocycles. The van der Waals surface area contributed by atoms with Gasteiger partial charge in [0.05, 0.1) is 0 Å². The largest absolute Gasteiger partial charge is 0.299 e. The first-order valence-corrected chi connectivity index (χ1v) is 3.58. The molecule has 0 spiro atoms. The Bertz CT molecular complexity index is 115. The van der Waals surface area contributed by atoms with Crippen LogP contribution in [0.1, 0.15) is 20.3 Å². The van der Waals surface area contributed by atoms with Gasteiger partial charge < -0.3 is 0 Å². The molecular weight excluding hydrogens is 110 g/mol. The summed E-state index contributed by atoms with van der Waals surface area (Å²) in [5, 5.41) is 0. The van der Waals surface area contributed by atoms with Crippen LogP contribution in [0.15, 0.2) is 11.6 Å². The molecule has 1 atom stereocenters. The van der Waals surface area contributed by atoms with E-state index in [0.717, 1.165) is 6.04 Å². The average molecular weight is 125 g/mol. The quantitative estimate of drug-likeness (QED) is 0.445. The Morgan fingerprint density at radius 1 is 1.67 bits per heavy atom. The Morgan fingerprint density at radius 2 is 2.33 bits per heavy atom. The van der Waals surface area contributed by atoms with Crippen LogP contribution in [0.3, 0.4) is 0 Å². The van der Waals surface area contributed by atoms with Crippen molar-refractivity contribution in [1.82, 2.24) is 4.90 Å². The van der Waals surface area contributed by atoms with Crippen molar-refractivity contribution in [3.63, 3.8) is 0 Å². The van der Waals surface area contributed by atoms with Crippen molar-refractivity contribution in [3.8, 4) is 0 Å². The van der Waals surface area contributed by atoms with E-state index in [1.165, 1.54) is 13.0 Å². The second-order valence-corrected chi connectivity index (χ2v) is 2.92. The zero-order chi connectivity index (χ0) is 6.85. The fraction of sp³-hybridized carbons (Fsp3) is 0.750. The summed E-state index contributed by atoms with van der Waals surface area (Å²) < 4.78 is 0. The first-order valence-electron chi connectivity index (χ1n) is 3.58. The van der Waals surface area contributed by atoms with E-state index in [0.29, 0.717) is 0 Å². The lowest BCUT2D eigenvalue weighted by atomic mass is 10.2. The van der Waals surface area contributed by atoms with Crippen LogP contribution in [0.25, 0.3) is 0 Å². The summed E-state index contributed by atoms with van der Waals surface area (Å²) in [5.74, 6) is 0. The smallest absolute Gasteiger partial charge is 0.0193 e. The monoisotopic (exact) mass is 125 g/mol. The van der Waals surface area contributed by atoms with Crippen LogP contribution < -0.4 is 0 Å². The standard InChI is InChI=1S/C8H15N/c1-4-8-5-7(2)9(3)6-8/h4,7H,5-6H2,1-3H3/b8-4-/t7-/m1/s1. The van der Waals surface area contributed by atoms with Crippen LogP contribution in [0, 0.1) is 0 Å². The number of likely N-dealkylation sites (N-methyl/N-ethyl adjacent to an activating group) is 1. The minimum absolute atomic E-state index is 0.760. The minimum Gasteiger partial charge on any atom is -0.299 e. The van der Waals surface area contributed by atoms with Gasteiger partial charge in [0.25, 0.3) is 0 Å². The van der Waals surface area contributed by atoms with Crippen molar-refractivity contribution < 1.29 is 0 Å². The Hall–Kier alpha value is -0.300. The molecule has 0 aromatic carbocycles. The molecule has 0 saturated carbocycles. The summed E-state index contributed by atoms with van der Waals surface area (Å²) >= 11 is 0. The lowest BCUT2D eigenvalue weighted by molar-refractivity contribution is 0.332. The number of hydrogen-bond acceptors (Lipinski definition) is 1. The predicted molar refractivity (Wildman–Crippen MR) is 40.5 cm³/mol. The molecule has 1 rings (SSSR count). The van der Waals surface area contributed by atoms with Crippen LogP contribution >= 0.6 is 0 Å². The molecule has 1 aliphatic heterocycles. The van der Waals surface area contributed by atoms with Gasteiger partial charge in [0, 0.05) is 12.6 Å². The van der Waals surface area contributed by atoms with E-state index in [2.05, 4.69) is 31.9 Å². The molecule has 52 valence electrons. The van der Waals surface area contributed by atoms with E-state index in [1.54, 1.807) is 5.57 Å². The number of likely N-dealkylation sites (tertiary alicyclic amines) is 1. The second-order valence-electron chi connectivity index (χ2n) is 2.92. The third-order valence-electron chi connectivity index (χ3n) is 2.17. The van der Waals surface area contributed by atoms with Crippen LogP contribution in [0.4, 0.5) is 0 Å². The third-order valence-corrected chi connectivity index (χ3v) is 2.17. The molecule has 1 nitrogen and oxygen atoms in total. The van der Waals surface area contributed by atoms with Gasteiger partial charge in [0.2, 0.25) is 0 Å². The van der Waals surface area contributed by atoms with Crippen molar-refractivity contribution >= 4 is 0 Å². The van der Waals surface area contributed by atoms with Crippen molar-refractivity contribution in [3.05, 3.63) is 11.6 Å². The van der Waals surface area contributed by atoms with Crippen molar-refractivity contribution in [2.24, 2.45) is 0 Å². The normalized spacial score (nSPS) is 34.1. The topological polar surface area (TPSA) is 3.24 Å². The van der Waals surface area contributed by atoms with Crippen LogP contribution in [0.2, 0.25) is 0 Å². The molecule has 1 heteroatoms. The van der Waals surface area contributed by atoms with Gasteiger partial charge in [-0.25, -0.2) is 0 Å². The molecule has 0 amide bonds. The number of rotatable bonds is 0. The fourth-order valence-electron chi connectivity index (χ4n) is 1.29. The molecule has 0 bridgehead atoms. The minimum atomic E-state index is 0.760. The average Bonchev–Trinajstić information content (AvgIpc) is 2.13. The lowest BCUT2D eigenvalue weighted by Gasteiger charge is -2.11. The first kappa shape index (κ1) is 6.81. The zero-order valence-electron chi connectivity index (χ0n) is 6.52. The highest BCUT2D eigenvalue weighted by Gasteiger charge is 2.18. The highest BCUT2D eigenvalue weighted by molar-refractivity contribution is 5.10. The molecule has 1 heterocycles. The maximum absolute atomic E-state index is 2.38. The molecule has 9 heavy (non-hydrogen) atoms.